The van der Waals surface area contributed by atoms with Crippen LogP contribution in [-0.4, -0.2) is 118 Å². The first-order valence-electron chi connectivity index (χ1n) is 13.0. The number of nitrogens with zero attached hydrogens (tertiary/aromatic N) is 3. The average Bonchev–Trinajstić information content (AvgIpc) is 3.11. The van der Waals surface area contributed by atoms with E-state index in [9.17, 15) is 19.5 Å². The molecule has 6 atom stereocenters. The Balaban J connectivity index is 1.54. The molecule has 198 valence electrons. The quantitative estimate of drug-likeness (QED) is 0.401. The summed E-state index contributed by atoms with van der Waals surface area (Å²) in [5.41, 5.74) is 0. The first kappa shape index (κ1) is 25.8. The van der Waals surface area contributed by atoms with Crippen LogP contribution in [0.5, 0.6) is 0 Å². The van der Waals surface area contributed by atoms with Crippen LogP contribution in [0, 0.1) is 17.8 Å². The van der Waals surface area contributed by atoms with Gasteiger partial charge in [0.15, 0.2) is 0 Å². The molecule has 0 bridgehead atoms. The number of likely N-dealkylation sites (tertiary alicyclic amines) is 1. The van der Waals surface area contributed by atoms with Gasteiger partial charge in [0.1, 0.15) is 12.6 Å². The van der Waals surface area contributed by atoms with Crippen molar-refractivity contribution in [3.05, 3.63) is 24.3 Å². The second-order valence-corrected chi connectivity index (χ2v) is 12.7. The van der Waals surface area contributed by atoms with Gasteiger partial charge in [-0.05, 0) is 18.9 Å². The van der Waals surface area contributed by atoms with E-state index in [0.717, 1.165) is 19.6 Å². The minimum Gasteiger partial charge on any atom is -0.461 e. The summed E-state index contributed by atoms with van der Waals surface area (Å²) >= 11 is 1.54. The number of hydrogen-bond acceptors (Lipinski definition) is 8. The Labute approximate surface area is 216 Å². The van der Waals surface area contributed by atoms with Crippen molar-refractivity contribution in [1.82, 2.24) is 14.7 Å². The van der Waals surface area contributed by atoms with Crippen LogP contribution in [0.3, 0.4) is 0 Å². The predicted octanol–water partition coefficient (Wildman–Crippen LogP) is 0.534. The second kappa shape index (κ2) is 9.78. The van der Waals surface area contributed by atoms with Crippen molar-refractivity contribution < 1.29 is 29.0 Å². The Kier molecular flexibility index (Phi) is 6.99. The number of carbonyl (C=O) groups excluding carboxylic acids is 3. The largest absolute Gasteiger partial charge is 0.461 e. The topological polar surface area (TPSA) is 99.6 Å². The van der Waals surface area contributed by atoms with Crippen LogP contribution in [0.25, 0.3) is 0 Å². The molecule has 0 aromatic heterocycles. The molecule has 3 fully saturated rings. The highest BCUT2D eigenvalue weighted by Gasteiger charge is 2.74. The maximum Gasteiger partial charge on any atom is 0.311 e. The van der Waals surface area contributed by atoms with Crippen LogP contribution in [0.1, 0.15) is 20.8 Å². The highest BCUT2D eigenvalue weighted by atomic mass is 32.2. The number of aliphatic hydroxyl groups excluding tert-OH is 1. The van der Waals surface area contributed by atoms with Crippen LogP contribution in [0.15, 0.2) is 24.3 Å². The van der Waals surface area contributed by atoms with Crippen molar-refractivity contribution in [3.63, 3.8) is 0 Å². The maximum absolute atomic E-state index is 14.3. The van der Waals surface area contributed by atoms with Gasteiger partial charge in [-0.3, -0.25) is 19.3 Å². The Morgan fingerprint density at radius 3 is 2.53 bits per heavy atom. The molecular formula is C26H37N3O6S. The maximum atomic E-state index is 14.3. The SMILES string of the molecule is CC(C)[C@H](CO)N1C(=O)[C@@H]2[C@H]3C(=O)OCC=C[C@@]3(C)S[C@@]23C=CCN(CCN2CCOCC2)C(=O)C13. The fraction of sp³-hybridized carbons (Fsp3) is 0.731. The van der Waals surface area contributed by atoms with Crippen molar-refractivity contribution in [1.29, 1.82) is 0 Å². The van der Waals surface area contributed by atoms with Crippen LogP contribution in [0.2, 0.25) is 0 Å². The molecule has 0 aromatic rings. The number of hydrogen-bond donors (Lipinski definition) is 1. The Hall–Kier alpha value is -1.88. The summed E-state index contributed by atoms with van der Waals surface area (Å²) in [6, 6.07) is -1.32. The Bertz CT molecular complexity index is 965. The minimum atomic E-state index is -0.912. The van der Waals surface area contributed by atoms with Crippen LogP contribution in [0.4, 0.5) is 0 Å². The zero-order chi connectivity index (χ0) is 25.7. The molecule has 0 radical (unpaired) electrons. The van der Waals surface area contributed by atoms with Gasteiger partial charge in [0.2, 0.25) is 11.8 Å². The summed E-state index contributed by atoms with van der Waals surface area (Å²) in [4.78, 5) is 47.5. The van der Waals surface area contributed by atoms with E-state index in [4.69, 9.17) is 9.47 Å². The number of morpholine rings is 1. The fourth-order valence-corrected chi connectivity index (χ4v) is 8.75. The zero-order valence-corrected chi connectivity index (χ0v) is 22.1. The highest BCUT2D eigenvalue weighted by Crippen LogP contribution is 2.65. The van der Waals surface area contributed by atoms with E-state index in [1.54, 1.807) is 4.90 Å². The van der Waals surface area contributed by atoms with Gasteiger partial charge in [-0.2, -0.15) is 0 Å². The van der Waals surface area contributed by atoms with E-state index < -0.39 is 39.4 Å². The monoisotopic (exact) mass is 519 g/mol. The van der Waals surface area contributed by atoms with Crippen molar-refractivity contribution in [3.8, 4) is 0 Å². The second-order valence-electron chi connectivity index (χ2n) is 10.9. The van der Waals surface area contributed by atoms with E-state index in [-0.39, 0.29) is 30.9 Å². The molecule has 0 aliphatic carbocycles. The summed E-state index contributed by atoms with van der Waals surface area (Å²) in [6.07, 6.45) is 7.80. The Morgan fingerprint density at radius 2 is 1.83 bits per heavy atom. The summed E-state index contributed by atoms with van der Waals surface area (Å²) in [6.45, 7) is 10.6. The Morgan fingerprint density at radius 1 is 1.08 bits per heavy atom. The molecule has 2 amide bonds. The molecule has 1 unspecified atom stereocenters. The van der Waals surface area contributed by atoms with Crippen molar-refractivity contribution in [2.75, 3.05) is 59.2 Å². The lowest BCUT2D eigenvalue weighted by Crippen LogP contribution is -2.58. The number of aliphatic hydroxyl groups is 1. The molecule has 1 N–H and O–H groups in total. The molecule has 5 aliphatic rings. The normalized spacial score (nSPS) is 37.5. The molecule has 1 spiro atoms. The summed E-state index contributed by atoms with van der Waals surface area (Å²) in [5.74, 6) is -2.26. The average molecular weight is 520 g/mol. The molecule has 5 aliphatic heterocycles. The van der Waals surface area contributed by atoms with Crippen molar-refractivity contribution >= 4 is 29.5 Å². The first-order chi connectivity index (χ1) is 17.2. The zero-order valence-electron chi connectivity index (χ0n) is 21.3. The smallest absolute Gasteiger partial charge is 0.311 e. The van der Waals surface area contributed by atoms with E-state index >= 15 is 0 Å². The standard InChI is InChI=1S/C26H37N3O6S/c1-17(2)18(16-30)29-21-23(32)28(10-9-27-11-14-34-15-12-27)8-4-7-26(21)19(22(29)31)20-24(33)35-13-5-6-25(20,3)36-26/h4-7,17-21,30H,8-16H2,1-3H3/t18-,19-,20-,21?,25+,26-/m0/s1. The van der Waals surface area contributed by atoms with Gasteiger partial charge in [0.25, 0.3) is 0 Å². The molecule has 10 heteroatoms. The number of thioether (sulfide) groups is 1. The lowest BCUT2D eigenvalue weighted by Gasteiger charge is -2.41. The van der Waals surface area contributed by atoms with Gasteiger partial charge in [-0.15, -0.1) is 11.8 Å². The van der Waals surface area contributed by atoms with Gasteiger partial charge in [-0.1, -0.05) is 32.1 Å². The number of cyclic esters (lactones) is 1. The first-order valence-corrected chi connectivity index (χ1v) is 13.8. The van der Waals surface area contributed by atoms with Gasteiger partial charge >= 0.3 is 5.97 Å². The predicted molar refractivity (Wildman–Crippen MR) is 135 cm³/mol. The van der Waals surface area contributed by atoms with Crippen molar-refractivity contribution in [2.45, 2.75) is 42.3 Å². The lowest BCUT2D eigenvalue weighted by molar-refractivity contribution is -0.153. The number of esters is 1. The van der Waals surface area contributed by atoms with Crippen molar-refractivity contribution in [2.24, 2.45) is 17.8 Å². The molecule has 0 saturated carbocycles. The van der Waals surface area contributed by atoms with Crippen LogP contribution in [-0.2, 0) is 23.9 Å². The van der Waals surface area contributed by atoms with Crippen LogP contribution >= 0.6 is 11.8 Å². The molecule has 9 nitrogen and oxygen atoms in total. The van der Waals surface area contributed by atoms with Crippen LogP contribution < -0.4 is 0 Å². The lowest BCUT2D eigenvalue weighted by atomic mass is 9.75. The third kappa shape index (κ3) is 4.01. The fourth-order valence-electron chi connectivity index (χ4n) is 6.61. The number of carbonyl (C=O) groups is 3. The van der Waals surface area contributed by atoms with Gasteiger partial charge in [-0.25, -0.2) is 0 Å². The van der Waals surface area contributed by atoms with Gasteiger partial charge in [0, 0.05) is 37.5 Å². The van der Waals surface area contributed by atoms with Gasteiger partial charge < -0.3 is 24.4 Å². The number of amides is 2. The third-order valence-corrected chi connectivity index (χ3v) is 10.2. The number of ether oxygens (including phenoxy) is 2. The van der Waals surface area contributed by atoms with E-state index in [0.29, 0.717) is 26.3 Å². The molecule has 36 heavy (non-hydrogen) atoms. The molecule has 0 aromatic carbocycles. The highest BCUT2D eigenvalue weighted by molar-refractivity contribution is 8.02. The van der Waals surface area contributed by atoms with Gasteiger partial charge in [0.05, 0.1) is 42.4 Å². The molecule has 5 rings (SSSR count). The minimum absolute atomic E-state index is 0.0611. The molecule has 3 saturated heterocycles. The number of rotatable bonds is 6. The number of fused-ring (bicyclic) bond motifs is 2. The molecular weight excluding hydrogens is 482 g/mol. The summed E-state index contributed by atoms with van der Waals surface area (Å²) in [7, 11) is 0. The summed E-state index contributed by atoms with van der Waals surface area (Å²) < 4.78 is 9.34. The van der Waals surface area contributed by atoms with E-state index in [1.807, 2.05) is 50.0 Å². The third-order valence-electron chi connectivity index (χ3n) is 8.44. The molecule has 5 heterocycles. The van der Waals surface area contributed by atoms with E-state index in [1.165, 1.54) is 11.8 Å². The van der Waals surface area contributed by atoms with E-state index in [2.05, 4.69) is 4.90 Å². The summed E-state index contributed by atoms with van der Waals surface area (Å²) in [5, 5.41) is 10.3.